The summed E-state index contributed by atoms with van der Waals surface area (Å²) in [5, 5.41) is 7.35. The Morgan fingerprint density at radius 3 is 2.08 bits per heavy atom. The number of likely N-dealkylation sites (tertiary alicyclic amines) is 1. The van der Waals surface area contributed by atoms with Gasteiger partial charge in [-0.2, -0.15) is 0 Å². The predicted octanol–water partition coefficient (Wildman–Crippen LogP) is 1.54. The number of nitrogens with zero attached hydrogens (tertiary/aromatic N) is 1. The van der Waals surface area contributed by atoms with Crippen LogP contribution in [0.1, 0.15) is 38.5 Å². The molecule has 0 aromatic carbocycles. The maximum atomic E-state index is 7.35. The lowest BCUT2D eigenvalue weighted by molar-refractivity contribution is 0.152. The Bertz CT molecular complexity index is 196. The van der Waals surface area contributed by atoms with Gasteiger partial charge in [0.1, 0.15) is 0 Å². The highest BCUT2D eigenvalue weighted by atomic mass is 15.2. The second-order valence-corrected chi connectivity index (χ2v) is 4.58. The molecule has 0 amide bonds. The van der Waals surface area contributed by atoms with Crippen LogP contribution in [0.3, 0.4) is 0 Å². The van der Waals surface area contributed by atoms with E-state index in [0.29, 0.717) is 5.41 Å². The number of nitrogens with one attached hydrogen (secondary N) is 1. The van der Waals surface area contributed by atoms with Crippen molar-refractivity contribution in [2.45, 2.75) is 38.5 Å². The molecule has 1 aliphatic heterocycles. The summed E-state index contributed by atoms with van der Waals surface area (Å²) in [7, 11) is 0. The van der Waals surface area contributed by atoms with Gasteiger partial charge in [-0.1, -0.05) is 12.8 Å². The number of rotatable bonds is 0. The molecule has 1 saturated heterocycles. The number of piperidine rings is 1. The van der Waals surface area contributed by atoms with Crippen molar-refractivity contribution in [2.24, 2.45) is 11.1 Å². The van der Waals surface area contributed by atoms with Crippen LogP contribution in [0.15, 0.2) is 0 Å². The normalized spacial score (nSPS) is 26.6. The van der Waals surface area contributed by atoms with Gasteiger partial charge in [0.05, 0.1) is 0 Å². The van der Waals surface area contributed by atoms with E-state index in [1.165, 1.54) is 38.5 Å². The highest BCUT2D eigenvalue weighted by Gasteiger charge is 2.36. The van der Waals surface area contributed by atoms with Crippen LogP contribution in [0.4, 0.5) is 0 Å². The molecule has 2 rings (SSSR count). The van der Waals surface area contributed by atoms with Crippen molar-refractivity contribution in [3.8, 4) is 0 Å². The smallest absolute Gasteiger partial charge is 0.188 e. The van der Waals surface area contributed by atoms with Gasteiger partial charge in [-0.05, 0) is 31.1 Å². The molecule has 2 fully saturated rings. The van der Waals surface area contributed by atoms with E-state index in [4.69, 9.17) is 11.1 Å². The zero-order chi connectivity index (χ0) is 9.31. The molecule has 0 atom stereocenters. The van der Waals surface area contributed by atoms with Gasteiger partial charge >= 0.3 is 0 Å². The van der Waals surface area contributed by atoms with Gasteiger partial charge in [0.25, 0.3) is 0 Å². The summed E-state index contributed by atoms with van der Waals surface area (Å²) in [6, 6.07) is 0. The van der Waals surface area contributed by atoms with E-state index in [2.05, 4.69) is 0 Å². The summed E-state index contributed by atoms with van der Waals surface area (Å²) < 4.78 is 0. The van der Waals surface area contributed by atoms with Crippen LogP contribution in [0, 0.1) is 10.8 Å². The minimum absolute atomic E-state index is 0.257. The van der Waals surface area contributed by atoms with Gasteiger partial charge in [-0.15, -0.1) is 0 Å². The fourth-order valence-corrected chi connectivity index (χ4v) is 2.85. The van der Waals surface area contributed by atoms with E-state index in [1.807, 2.05) is 4.90 Å². The van der Waals surface area contributed by atoms with E-state index in [0.717, 1.165) is 13.1 Å². The van der Waals surface area contributed by atoms with Gasteiger partial charge < -0.3 is 10.6 Å². The Kier molecular flexibility index (Phi) is 2.18. The van der Waals surface area contributed by atoms with Crippen LogP contribution >= 0.6 is 0 Å². The third-order valence-electron chi connectivity index (χ3n) is 3.83. The second kappa shape index (κ2) is 3.20. The topological polar surface area (TPSA) is 53.1 Å². The van der Waals surface area contributed by atoms with E-state index >= 15 is 0 Å². The first-order valence-corrected chi connectivity index (χ1v) is 5.31. The van der Waals surface area contributed by atoms with Gasteiger partial charge in [0.2, 0.25) is 0 Å². The molecule has 3 N–H and O–H groups in total. The number of hydrogen-bond acceptors (Lipinski definition) is 1. The van der Waals surface area contributed by atoms with Crippen LogP contribution in [-0.2, 0) is 0 Å². The van der Waals surface area contributed by atoms with Gasteiger partial charge in [0, 0.05) is 13.1 Å². The molecule has 1 saturated carbocycles. The lowest BCUT2D eigenvalue weighted by Crippen LogP contribution is -2.45. The lowest BCUT2D eigenvalue weighted by Gasteiger charge is -2.39. The molecule has 0 unspecified atom stereocenters. The number of hydrogen-bond donors (Lipinski definition) is 2. The third kappa shape index (κ3) is 1.64. The Hall–Kier alpha value is -0.730. The Balaban J connectivity index is 1.91. The lowest BCUT2D eigenvalue weighted by atomic mass is 9.77. The zero-order valence-electron chi connectivity index (χ0n) is 8.18. The van der Waals surface area contributed by atoms with Crippen molar-refractivity contribution in [3.63, 3.8) is 0 Å². The standard InChI is InChI=1S/C10H19N3/c11-9(12)13-7-5-10(6-8-13)3-1-2-4-10/h1-8H2,(H3,11,12). The summed E-state index contributed by atoms with van der Waals surface area (Å²) >= 11 is 0. The quantitative estimate of drug-likeness (QED) is 0.440. The molecular formula is C10H19N3. The summed E-state index contributed by atoms with van der Waals surface area (Å²) in [6.45, 7) is 2.02. The zero-order valence-corrected chi connectivity index (χ0v) is 8.18. The van der Waals surface area contributed by atoms with E-state index in [1.54, 1.807) is 0 Å². The molecule has 3 nitrogen and oxygen atoms in total. The molecule has 3 heteroatoms. The van der Waals surface area contributed by atoms with Crippen LogP contribution < -0.4 is 5.73 Å². The number of nitrogens with two attached hydrogens (primary N) is 1. The van der Waals surface area contributed by atoms with Crippen molar-refractivity contribution < 1.29 is 0 Å². The molecule has 0 radical (unpaired) electrons. The third-order valence-corrected chi connectivity index (χ3v) is 3.83. The highest BCUT2D eigenvalue weighted by Crippen LogP contribution is 2.45. The molecule has 74 valence electrons. The van der Waals surface area contributed by atoms with Crippen molar-refractivity contribution in [1.82, 2.24) is 4.90 Å². The Morgan fingerprint density at radius 2 is 1.62 bits per heavy atom. The molecule has 1 aliphatic carbocycles. The van der Waals surface area contributed by atoms with Crippen molar-refractivity contribution >= 4 is 5.96 Å². The first-order valence-electron chi connectivity index (χ1n) is 5.31. The van der Waals surface area contributed by atoms with Crippen molar-refractivity contribution in [2.75, 3.05) is 13.1 Å². The SMILES string of the molecule is N=C(N)N1CCC2(CCCC2)CC1. The molecule has 2 aliphatic rings. The van der Waals surface area contributed by atoms with Crippen LogP contribution in [-0.4, -0.2) is 23.9 Å². The van der Waals surface area contributed by atoms with E-state index < -0.39 is 0 Å². The summed E-state index contributed by atoms with van der Waals surface area (Å²) in [5.41, 5.74) is 6.11. The largest absolute Gasteiger partial charge is 0.370 e. The molecule has 1 spiro atoms. The van der Waals surface area contributed by atoms with Crippen LogP contribution in [0.2, 0.25) is 0 Å². The predicted molar refractivity (Wildman–Crippen MR) is 53.6 cm³/mol. The van der Waals surface area contributed by atoms with Crippen LogP contribution in [0.25, 0.3) is 0 Å². The average Bonchev–Trinajstić information content (AvgIpc) is 2.54. The van der Waals surface area contributed by atoms with Gasteiger partial charge in [-0.3, -0.25) is 5.41 Å². The molecule has 1 heterocycles. The second-order valence-electron chi connectivity index (χ2n) is 4.58. The maximum Gasteiger partial charge on any atom is 0.188 e. The van der Waals surface area contributed by atoms with Gasteiger partial charge in [-0.25, -0.2) is 0 Å². The molecule has 0 bridgehead atoms. The minimum Gasteiger partial charge on any atom is -0.370 e. The Labute approximate surface area is 79.8 Å². The molecular weight excluding hydrogens is 162 g/mol. The number of guanidine groups is 1. The first kappa shape index (κ1) is 8.85. The Morgan fingerprint density at radius 1 is 1.08 bits per heavy atom. The van der Waals surface area contributed by atoms with Gasteiger partial charge in [0.15, 0.2) is 5.96 Å². The monoisotopic (exact) mass is 181 g/mol. The fraction of sp³-hybridized carbons (Fsp3) is 0.900. The molecule has 13 heavy (non-hydrogen) atoms. The summed E-state index contributed by atoms with van der Waals surface area (Å²) in [5.74, 6) is 0.257. The van der Waals surface area contributed by atoms with Crippen molar-refractivity contribution in [1.29, 1.82) is 5.41 Å². The first-order chi connectivity index (χ1) is 6.22. The summed E-state index contributed by atoms with van der Waals surface area (Å²) in [4.78, 5) is 2.00. The van der Waals surface area contributed by atoms with E-state index in [-0.39, 0.29) is 5.96 Å². The van der Waals surface area contributed by atoms with Crippen molar-refractivity contribution in [3.05, 3.63) is 0 Å². The molecule has 0 aromatic rings. The molecule has 0 aromatic heterocycles. The average molecular weight is 181 g/mol. The fourth-order valence-electron chi connectivity index (χ4n) is 2.85. The van der Waals surface area contributed by atoms with E-state index in [9.17, 15) is 0 Å². The highest BCUT2D eigenvalue weighted by molar-refractivity contribution is 5.74. The van der Waals surface area contributed by atoms with Crippen LogP contribution in [0.5, 0.6) is 0 Å². The maximum absolute atomic E-state index is 7.35. The minimum atomic E-state index is 0.257. The summed E-state index contributed by atoms with van der Waals surface area (Å²) in [6.07, 6.45) is 8.18.